The van der Waals surface area contributed by atoms with Gasteiger partial charge in [-0.15, -0.1) is 0 Å². The predicted molar refractivity (Wildman–Crippen MR) is 127 cm³/mol. The summed E-state index contributed by atoms with van der Waals surface area (Å²) in [5.41, 5.74) is 3.54. The van der Waals surface area contributed by atoms with E-state index in [0.717, 1.165) is 15.6 Å². The van der Waals surface area contributed by atoms with Crippen LogP contribution in [0.5, 0.6) is 0 Å². The van der Waals surface area contributed by atoms with Crippen molar-refractivity contribution >= 4 is 38.9 Å². The first-order valence-electron chi connectivity index (χ1n) is 10.2. The van der Waals surface area contributed by atoms with Crippen molar-refractivity contribution in [3.63, 3.8) is 0 Å². The smallest absolute Gasteiger partial charge is 0.340 e. The topological polar surface area (TPSA) is 90.9 Å². The van der Waals surface area contributed by atoms with Gasteiger partial charge in [-0.25, -0.2) is 4.79 Å². The van der Waals surface area contributed by atoms with Gasteiger partial charge in [0.2, 0.25) is 5.78 Å². The van der Waals surface area contributed by atoms with Gasteiger partial charge in [-0.05, 0) is 66.9 Å². The number of ketones is 1. The zero-order chi connectivity index (χ0) is 23.5. The van der Waals surface area contributed by atoms with E-state index in [-0.39, 0.29) is 18.1 Å². The molecule has 0 saturated heterocycles. The number of benzene rings is 2. The van der Waals surface area contributed by atoms with Gasteiger partial charge in [0, 0.05) is 28.4 Å². The number of hydrogen-bond acceptors (Lipinski definition) is 5. The third kappa shape index (κ3) is 4.70. The van der Waals surface area contributed by atoms with E-state index < -0.39 is 10.9 Å². The Hall–Kier alpha value is -3.78. The fraction of sp³-hybridized carbons (Fsp3) is 0.120. The number of aromatic nitrogens is 1. The van der Waals surface area contributed by atoms with Gasteiger partial charge in [0.25, 0.3) is 5.69 Å². The van der Waals surface area contributed by atoms with Crippen LogP contribution in [0.2, 0.25) is 0 Å². The third-order valence-corrected chi connectivity index (χ3v) is 5.75. The van der Waals surface area contributed by atoms with Gasteiger partial charge in [-0.2, -0.15) is 0 Å². The molecule has 0 aliphatic heterocycles. The third-order valence-electron chi connectivity index (χ3n) is 5.23. The number of halogens is 1. The monoisotopic (exact) mass is 506 g/mol. The second-order valence-corrected chi connectivity index (χ2v) is 8.31. The lowest BCUT2D eigenvalue weighted by Crippen LogP contribution is -2.05. The minimum Gasteiger partial charge on any atom is -0.462 e. The molecule has 2 heterocycles. The lowest BCUT2D eigenvalue weighted by atomic mass is 10.0. The van der Waals surface area contributed by atoms with E-state index in [0.29, 0.717) is 28.8 Å². The zero-order valence-electron chi connectivity index (χ0n) is 17.7. The van der Waals surface area contributed by atoms with E-state index in [1.54, 1.807) is 60.0 Å². The molecule has 0 N–H and O–H groups in total. The Bertz CT molecular complexity index is 1360. The maximum atomic E-state index is 13.2. The number of nitrogens with zero attached hydrogens (tertiary/aromatic N) is 2. The number of nitro groups is 1. The molecule has 8 heteroatoms. The highest BCUT2D eigenvalue weighted by Crippen LogP contribution is 2.24. The highest BCUT2D eigenvalue weighted by Gasteiger charge is 2.22. The van der Waals surface area contributed by atoms with Crippen molar-refractivity contribution in [3.8, 4) is 0 Å². The molecule has 0 spiro atoms. The van der Waals surface area contributed by atoms with Crippen molar-refractivity contribution in [3.05, 3.63) is 115 Å². The van der Waals surface area contributed by atoms with Crippen LogP contribution >= 0.6 is 15.9 Å². The first kappa shape index (κ1) is 22.4. The Morgan fingerprint density at radius 1 is 1.00 bits per heavy atom. The maximum absolute atomic E-state index is 13.2. The number of carbonyl (C=O) groups excluding carboxylic acids is 2. The number of nitro benzene ring substituents is 1. The van der Waals surface area contributed by atoms with Crippen molar-refractivity contribution < 1.29 is 19.2 Å². The van der Waals surface area contributed by atoms with E-state index in [4.69, 9.17) is 4.74 Å². The number of hydrogen-bond donors (Lipinski definition) is 0. The summed E-state index contributed by atoms with van der Waals surface area (Å²) in [5.74, 6) is -0.714. The van der Waals surface area contributed by atoms with Crippen LogP contribution in [0.25, 0.3) is 5.52 Å². The Morgan fingerprint density at radius 3 is 2.33 bits per heavy atom. The van der Waals surface area contributed by atoms with E-state index in [2.05, 4.69) is 15.9 Å². The van der Waals surface area contributed by atoms with E-state index >= 15 is 0 Å². The van der Waals surface area contributed by atoms with Gasteiger partial charge in [-0.3, -0.25) is 14.9 Å². The molecule has 0 saturated carbocycles. The maximum Gasteiger partial charge on any atom is 0.340 e. The molecule has 0 aliphatic carbocycles. The average Bonchev–Trinajstić information content (AvgIpc) is 3.18. The average molecular weight is 507 g/mol. The number of pyridine rings is 1. The molecule has 0 atom stereocenters. The second-order valence-electron chi connectivity index (χ2n) is 7.39. The minimum atomic E-state index is -0.502. The number of carbonyl (C=O) groups is 2. The number of ether oxygens (including phenoxy) is 1. The van der Waals surface area contributed by atoms with E-state index in [1.165, 1.54) is 12.1 Å². The van der Waals surface area contributed by atoms with Crippen LogP contribution in [0.1, 0.15) is 44.5 Å². The van der Waals surface area contributed by atoms with E-state index in [9.17, 15) is 19.7 Å². The number of non-ortho nitro benzene ring substituents is 1. The molecule has 2 aromatic carbocycles. The minimum absolute atomic E-state index is 0.0292. The number of fused-ring (bicyclic) bond motifs is 1. The van der Waals surface area contributed by atoms with Crippen molar-refractivity contribution in [1.29, 1.82) is 0 Å². The van der Waals surface area contributed by atoms with Gasteiger partial charge >= 0.3 is 5.97 Å². The highest BCUT2D eigenvalue weighted by atomic mass is 79.9. The van der Waals surface area contributed by atoms with Crippen LogP contribution in [-0.2, 0) is 11.2 Å². The van der Waals surface area contributed by atoms with Gasteiger partial charge in [0.1, 0.15) is 0 Å². The second kappa shape index (κ2) is 9.38. The summed E-state index contributed by atoms with van der Waals surface area (Å²) >= 11 is 3.37. The molecule has 4 aromatic rings. The quantitative estimate of drug-likeness (QED) is 0.140. The lowest BCUT2D eigenvalue weighted by Gasteiger charge is -2.07. The van der Waals surface area contributed by atoms with Crippen LogP contribution in [0.15, 0.2) is 77.4 Å². The largest absolute Gasteiger partial charge is 0.462 e. The van der Waals surface area contributed by atoms with Crippen molar-refractivity contribution in [2.24, 2.45) is 0 Å². The normalized spacial score (nSPS) is 10.8. The molecule has 0 radical (unpaired) electrons. The van der Waals surface area contributed by atoms with Gasteiger partial charge in [-0.1, -0.05) is 28.1 Å². The molecule has 0 unspecified atom stereocenters. The first-order chi connectivity index (χ1) is 15.9. The molecule has 0 amide bonds. The van der Waals surface area contributed by atoms with Crippen molar-refractivity contribution in [2.75, 3.05) is 6.61 Å². The molecule has 7 nitrogen and oxygen atoms in total. The fourth-order valence-corrected chi connectivity index (χ4v) is 3.88. The van der Waals surface area contributed by atoms with Crippen LogP contribution < -0.4 is 0 Å². The number of esters is 1. The van der Waals surface area contributed by atoms with Crippen LogP contribution in [0, 0.1) is 10.1 Å². The number of rotatable bonds is 7. The van der Waals surface area contributed by atoms with Crippen molar-refractivity contribution in [2.45, 2.75) is 13.3 Å². The summed E-state index contributed by atoms with van der Waals surface area (Å²) < 4.78 is 7.76. The molecule has 4 rings (SSSR count). The summed E-state index contributed by atoms with van der Waals surface area (Å²) in [6.07, 6.45) is 2.27. The van der Waals surface area contributed by atoms with Crippen molar-refractivity contribution in [1.82, 2.24) is 4.40 Å². The van der Waals surface area contributed by atoms with Gasteiger partial charge in [0.05, 0.1) is 28.3 Å². The van der Waals surface area contributed by atoms with E-state index in [1.807, 2.05) is 12.1 Å². The van der Waals surface area contributed by atoms with Gasteiger partial charge < -0.3 is 9.14 Å². The first-order valence-corrected chi connectivity index (χ1v) is 11.0. The van der Waals surface area contributed by atoms with Crippen LogP contribution in [0.4, 0.5) is 5.69 Å². The summed E-state index contributed by atoms with van der Waals surface area (Å²) in [6, 6.07) is 18.6. The molecule has 0 bridgehead atoms. The Kier molecular flexibility index (Phi) is 6.37. The lowest BCUT2D eigenvalue weighted by molar-refractivity contribution is -0.384. The summed E-state index contributed by atoms with van der Waals surface area (Å²) in [7, 11) is 0. The highest BCUT2D eigenvalue weighted by molar-refractivity contribution is 9.10. The summed E-state index contributed by atoms with van der Waals surface area (Å²) in [4.78, 5) is 36.3. The van der Waals surface area contributed by atoms with Crippen LogP contribution in [0.3, 0.4) is 0 Å². The summed E-state index contributed by atoms with van der Waals surface area (Å²) in [5, 5.41) is 10.9. The molecule has 2 aromatic heterocycles. The fourth-order valence-electron chi connectivity index (χ4n) is 3.62. The molecule has 0 aliphatic rings. The van der Waals surface area contributed by atoms with Gasteiger partial charge in [0.15, 0.2) is 0 Å². The molecule has 166 valence electrons. The standard InChI is InChI=1S/C25H19BrN2O5/c1-2-33-25(30)21-15-23(24(29)18-5-7-19(26)8-6-18)27-12-11-17(14-22(21)27)13-16-3-9-20(10-4-16)28(31)32/h3-12,14-15H,2,13H2,1H3. The predicted octanol–water partition coefficient (Wildman–Crippen LogP) is 5.61. The Morgan fingerprint density at radius 2 is 1.70 bits per heavy atom. The summed E-state index contributed by atoms with van der Waals surface area (Å²) in [6.45, 7) is 1.94. The zero-order valence-corrected chi connectivity index (χ0v) is 19.2. The SMILES string of the molecule is CCOC(=O)c1cc(C(=O)c2ccc(Br)cc2)n2ccc(Cc3ccc([N+](=O)[O-])cc3)cc12. The Labute approximate surface area is 197 Å². The molecular formula is C25H19BrN2O5. The Balaban J connectivity index is 1.75. The molecule has 33 heavy (non-hydrogen) atoms. The molecule has 0 fully saturated rings. The molecular weight excluding hydrogens is 488 g/mol. The van der Waals surface area contributed by atoms with Crippen LogP contribution in [-0.4, -0.2) is 27.7 Å².